The minimum Gasteiger partial charge on any atom is -0.497 e. The van der Waals surface area contributed by atoms with Crippen LogP contribution in [-0.4, -0.2) is 33.5 Å². The molecule has 0 spiro atoms. The van der Waals surface area contributed by atoms with Gasteiger partial charge in [0.1, 0.15) is 18.3 Å². The maximum atomic E-state index is 11.8. The lowest BCUT2D eigenvalue weighted by molar-refractivity contribution is -0.124. The van der Waals surface area contributed by atoms with Crippen molar-refractivity contribution in [1.82, 2.24) is 5.32 Å². The van der Waals surface area contributed by atoms with Crippen molar-refractivity contribution in [3.8, 4) is 11.5 Å². The van der Waals surface area contributed by atoms with Crippen LogP contribution >= 0.6 is 0 Å². The first-order chi connectivity index (χ1) is 14.1. The second-order valence-electron chi connectivity index (χ2n) is 6.85. The van der Waals surface area contributed by atoms with E-state index in [0.717, 1.165) is 50.1 Å². The Hall–Kier alpha value is -2.82. The van der Waals surface area contributed by atoms with Crippen molar-refractivity contribution >= 4 is 12.7 Å². The molecular formula is C24H33NO4. The van der Waals surface area contributed by atoms with Crippen molar-refractivity contribution in [3.63, 3.8) is 0 Å². The van der Waals surface area contributed by atoms with Crippen LogP contribution in [0.3, 0.4) is 0 Å². The van der Waals surface area contributed by atoms with Gasteiger partial charge in [-0.1, -0.05) is 42.3 Å². The Morgan fingerprint density at radius 3 is 2.34 bits per heavy atom. The molecule has 3 rings (SSSR count). The van der Waals surface area contributed by atoms with Crippen molar-refractivity contribution in [1.29, 1.82) is 0 Å². The largest absolute Gasteiger partial charge is 0.497 e. The third kappa shape index (κ3) is 8.81. The summed E-state index contributed by atoms with van der Waals surface area (Å²) in [5, 5.41) is 2.99. The second-order valence-corrected chi connectivity index (χ2v) is 6.85. The summed E-state index contributed by atoms with van der Waals surface area (Å²) >= 11 is 0. The van der Waals surface area contributed by atoms with Crippen LogP contribution in [0.5, 0.6) is 11.5 Å². The van der Waals surface area contributed by atoms with E-state index < -0.39 is 0 Å². The Morgan fingerprint density at radius 1 is 1.00 bits per heavy atom. The first-order valence-corrected chi connectivity index (χ1v) is 9.93. The van der Waals surface area contributed by atoms with Crippen LogP contribution in [0.1, 0.15) is 36.8 Å². The second kappa shape index (κ2) is 14.2. The maximum Gasteiger partial charge on any atom is 0.223 e. The van der Waals surface area contributed by atoms with Crippen molar-refractivity contribution in [2.75, 3.05) is 20.8 Å². The summed E-state index contributed by atoms with van der Waals surface area (Å²) in [6.45, 7) is 4.89. The molecular weight excluding hydrogens is 366 g/mol. The van der Waals surface area contributed by atoms with E-state index in [-0.39, 0.29) is 11.8 Å². The first-order valence-electron chi connectivity index (χ1n) is 9.93. The normalized spacial score (nSPS) is 15.4. The van der Waals surface area contributed by atoms with Gasteiger partial charge in [-0.25, -0.2) is 0 Å². The molecule has 1 aliphatic heterocycles. The van der Waals surface area contributed by atoms with E-state index in [1.807, 2.05) is 49.3 Å². The molecule has 1 aliphatic rings. The van der Waals surface area contributed by atoms with Gasteiger partial charge in [-0.05, 0) is 56.4 Å². The zero-order valence-electron chi connectivity index (χ0n) is 17.8. The van der Waals surface area contributed by atoms with E-state index in [0.29, 0.717) is 0 Å². The molecule has 1 saturated heterocycles. The minimum atomic E-state index is 0.164. The van der Waals surface area contributed by atoms with Crippen LogP contribution in [-0.2, 0) is 16.0 Å². The lowest BCUT2D eigenvalue weighted by Gasteiger charge is -2.14. The lowest BCUT2D eigenvalue weighted by atomic mass is 9.94. The number of para-hydroxylation sites is 1. The molecule has 0 aromatic heterocycles. The highest BCUT2D eigenvalue weighted by molar-refractivity contribution is 5.78. The highest BCUT2D eigenvalue weighted by atomic mass is 16.5. The fourth-order valence-corrected chi connectivity index (χ4v) is 3.19. The number of nitrogens with one attached hydrogen (secondary N) is 1. The predicted molar refractivity (Wildman–Crippen MR) is 117 cm³/mol. The van der Waals surface area contributed by atoms with Crippen LogP contribution in [0.2, 0.25) is 0 Å². The van der Waals surface area contributed by atoms with Crippen LogP contribution in [0.25, 0.3) is 0 Å². The number of carbonyl (C=O) groups excluding carboxylic acids is 2. The van der Waals surface area contributed by atoms with E-state index in [1.54, 1.807) is 14.2 Å². The SMILES string of the molecule is C=O.COc1ccc(C)cc1.COc1ccccc1CCC1CCCCNC1=O. The molecule has 1 unspecified atom stereocenters. The predicted octanol–water partition coefficient (Wildman–Crippen LogP) is 4.36. The van der Waals surface area contributed by atoms with Gasteiger partial charge in [0.2, 0.25) is 5.91 Å². The molecule has 0 bridgehead atoms. The molecule has 1 amide bonds. The van der Waals surface area contributed by atoms with Gasteiger partial charge in [-0.15, -0.1) is 0 Å². The molecule has 5 heteroatoms. The monoisotopic (exact) mass is 399 g/mol. The molecule has 1 N–H and O–H groups in total. The number of hydrogen-bond donors (Lipinski definition) is 1. The molecule has 2 aromatic rings. The van der Waals surface area contributed by atoms with Gasteiger partial charge in [0, 0.05) is 12.5 Å². The zero-order valence-corrected chi connectivity index (χ0v) is 17.8. The molecule has 1 atom stereocenters. The highest BCUT2D eigenvalue weighted by Gasteiger charge is 2.20. The summed E-state index contributed by atoms with van der Waals surface area (Å²) in [7, 11) is 3.36. The van der Waals surface area contributed by atoms with E-state index in [9.17, 15) is 4.79 Å². The Labute approximate surface area is 174 Å². The van der Waals surface area contributed by atoms with Gasteiger partial charge in [-0.3, -0.25) is 4.79 Å². The standard InChI is InChI=1S/C15H21NO2.C8H10O.CH2O/c1-18-14-8-3-2-6-12(14)9-10-13-7-4-5-11-16-15(13)17;1-7-3-5-8(9-2)6-4-7;1-2/h2-3,6,8,13H,4-5,7,9-11H2,1H3,(H,16,17);3-6H,1-2H3;1H2. The van der Waals surface area contributed by atoms with Crippen molar-refractivity contribution < 1.29 is 19.1 Å². The average Bonchev–Trinajstić information content (AvgIpc) is 2.99. The van der Waals surface area contributed by atoms with Gasteiger partial charge in [0.25, 0.3) is 0 Å². The molecule has 2 aromatic carbocycles. The van der Waals surface area contributed by atoms with Crippen molar-refractivity contribution in [3.05, 3.63) is 59.7 Å². The van der Waals surface area contributed by atoms with Crippen LogP contribution in [0.4, 0.5) is 0 Å². The van der Waals surface area contributed by atoms with Gasteiger partial charge >= 0.3 is 0 Å². The summed E-state index contributed by atoms with van der Waals surface area (Å²) in [5.41, 5.74) is 2.45. The average molecular weight is 400 g/mol. The molecule has 1 heterocycles. The van der Waals surface area contributed by atoms with Crippen LogP contribution in [0.15, 0.2) is 48.5 Å². The summed E-state index contributed by atoms with van der Waals surface area (Å²) < 4.78 is 10.3. The highest BCUT2D eigenvalue weighted by Crippen LogP contribution is 2.23. The Bertz CT molecular complexity index is 715. The number of aryl methyl sites for hydroxylation is 2. The number of benzene rings is 2. The Morgan fingerprint density at radius 2 is 1.69 bits per heavy atom. The smallest absolute Gasteiger partial charge is 0.223 e. The van der Waals surface area contributed by atoms with E-state index >= 15 is 0 Å². The summed E-state index contributed by atoms with van der Waals surface area (Å²) in [6.07, 6.45) is 5.08. The van der Waals surface area contributed by atoms with Gasteiger partial charge < -0.3 is 19.6 Å². The molecule has 5 nitrogen and oxygen atoms in total. The molecule has 0 saturated carbocycles. The fraction of sp³-hybridized carbons (Fsp3) is 0.417. The van der Waals surface area contributed by atoms with E-state index in [2.05, 4.69) is 18.3 Å². The number of hydrogen-bond acceptors (Lipinski definition) is 4. The molecule has 1 fully saturated rings. The lowest BCUT2D eigenvalue weighted by Crippen LogP contribution is -2.29. The van der Waals surface area contributed by atoms with Gasteiger partial charge in [0.05, 0.1) is 14.2 Å². The molecule has 158 valence electrons. The number of carbonyl (C=O) groups is 2. The number of amides is 1. The van der Waals surface area contributed by atoms with Gasteiger partial charge in [0.15, 0.2) is 0 Å². The van der Waals surface area contributed by atoms with Gasteiger partial charge in [-0.2, -0.15) is 0 Å². The zero-order chi connectivity index (χ0) is 21.5. The molecule has 0 aliphatic carbocycles. The van der Waals surface area contributed by atoms with E-state index in [4.69, 9.17) is 14.3 Å². The quantitative estimate of drug-likeness (QED) is 0.811. The Kier molecular flexibility index (Phi) is 11.9. The van der Waals surface area contributed by atoms with E-state index in [1.165, 1.54) is 11.1 Å². The van der Waals surface area contributed by atoms with Crippen LogP contribution in [0, 0.1) is 12.8 Å². The maximum absolute atomic E-state index is 11.8. The van der Waals surface area contributed by atoms with Crippen LogP contribution < -0.4 is 14.8 Å². The summed E-state index contributed by atoms with van der Waals surface area (Å²) in [6, 6.07) is 16.0. The minimum absolute atomic E-state index is 0.164. The molecule has 0 radical (unpaired) electrons. The summed E-state index contributed by atoms with van der Waals surface area (Å²) in [4.78, 5) is 19.8. The van der Waals surface area contributed by atoms with Crippen molar-refractivity contribution in [2.45, 2.75) is 39.0 Å². The number of rotatable bonds is 5. The number of ether oxygens (including phenoxy) is 2. The molecule has 29 heavy (non-hydrogen) atoms. The van der Waals surface area contributed by atoms with Crippen molar-refractivity contribution in [2.24, 2.45) is 5.92 Å². The third-order valence-electron chi connectivity index (χ3n) is 4.86. The first kappa shape index (κ1) is 24.2. The number of methoxy groups -OCH3 is 2. The Balaban J connectivity index is 0.000000321. The fourth-order valence-electron chi connectivity index (χ4n) is 3.19. The summed E-state index contributed by atoms with van der Waals surface area (Å²) in [5.74, 6) is 2.23. The topological polar surface area (TPSA) is 64.6 Å². The third-order valence-corrected chi connectivity index (χ3v) is 4.86.